The second-order valence-electron chi connectivity index (χ2n) is 6.58. The zero-order valence-electron chi connectivity index (χ0n) is 12.4. The molecule has 0 spiro atoms. The molecule has 20 heavy (non-hydrogen) atoms. The number of nitrogens with zero attached hydrogens (tertiary/aromatic N) is 2. The molecule has 1 N–H and O–H groups in total. The number of aromatic nitrogens is 2. The van der Waals surface area contributed by atoms with Crippen molar-refractivity contribution in [2.24, 2.45) is 17.3 Å². The number of thioether (sulfide) groups is 1. The first kappa shape index (κ1) is 15.8. The van der Waals surface area contributed by atoms with Crippen LogP contribution in [0.5, 0.6) is 0 Å². The summed E-state index contributed by atoms with van der Waals surface area (Å²) < 4.78 is 5.08. The normalized spacial score (nSPS) is 27.5. The summed E-state index contributed by atoms with van der Waals surface area (Å²) in [4.78, 5) is 15.8. The van der Waals surface area contributed by atoms with E-state index >= 15 is 0 Å². The van der Waals surface area contributed by atoms with Gasteiger partial charge >= 0.3 is 5.97 Å². The SMILES string of the molecule is Cc1nsc(SC2CC(C(C)(C)C)CCC2C(=O)O)n1. The number of aryl methyl sites for hydroxylation is 1. The summed E-state index contributed by atoms with van der Waals surface area (Å²) in [5.41, 5.74) is 0.235. The lowest BCUT2D eigenvalue weighted by Gasteiger charge is -2.39. The van der Waals surface area contributed by atoms with E-state index < -0.39 is 5.97 Å². The molecular weight excluding hydrogens is 292 g/mol. The predicted octanol–water partition coefficient (Wildman–Crippen LogP) is 3.85. The van der Waals surface area contributed by atoms with Crippen molar-refractivity contribution in [2.45, 2.75) is 56.5 Å². The third kappa shape index (κ3) is 3.73. The topological polar surface area (TPSA) is 63.1 Å². The molecule has 1 aliphatic carbocycles. The van der Waals surface area contributed by atoms with E-state index in [4.69, 9.17) is 0 Å². The first-order chi connectivity index (χ1) is 9.27. The number of hydrogen-bond acceptors (Lipinski definition) is 5. The Balaban J connectivity index is 2.12. The third-order valence-electron chi connectivity index (χ3n) is 4.09. The van der Waals surface area contributed by atoms with Gasteiger partial charge in [0.25, 0.3) is 0 Å². The molecule has 112 valence electrons. The van der Waals surface area contributed by atoms with Crippen LogP contribution in [-0.4, -0.2) is 25.7 Å². The van der Waals surface area contributed by atoms with E-state index in [2.05, 4.69) is 30.1 Å². The van der Waals surface area contributed by atoms with Crippen LogP contribution < -0.4 is 0 Å². The van der Waals surface area contributed by atoms with E-state index in [1.54, 1.807) is 11.8 Å². The molecule has 6 heteroatoms. The van der Waals surface area contributed by atoms with Gasteiger partial charge in [-0.1, -0.05) is 32.5 Å². The van der Waals surface area contributed by atoms with Gasteiger partial charge in [-0.2, -0.15) is 4.37 Å². The molecule has 3 unspecified atom stereocenters. The lowest BCUT2D eigenvalue weighted by Crippen LogP contribution is -2.37. The minimum Gasteiger partial charge on any atom is -0.481 e. The highest BCUT2D eigenvalue weighted by atomic mass is 32.2. The number of aliphatic carboxylic acids is 1. The van der Waals surface area contributed by atoms with Gasteiger partial charge in [-0.3, -0.25) is 4.79 Å². The van der Waals surface area contributed by atoms with E-state index in [0.29, 0.717) is 5.92 Å². The standard InChI is InChI=1S/C14H22N2O2S2/c1-8-15-13(20-16-8)19-11-7-9(14(2,3)4)5-6-10(11)12(17)18/h9-11H,5-7H2,1-4H3,(H,17,18). The van der Waals surface area contributed by atoms with Crippen LogP contribution in [-0.2, 0) is 4.79 Å². The summed E-state index contributed by atoms with van der Waals surface area (Å²) in [6.45, 7) is 8.61. The second-order valence-corrected chi connectivity index (χ2v) is 8.82. The molecule has 4 nitrogen and oxygen atoms in total. The van der Waals surface area contributed by atoms with Crippen molar-refractivity contribution in [2.75, 3.05) is 0 Å². The first-order valence-corrected chi connectivity index (χ1v) is 8.62. The third-order valence-corrected chi connectivity index (χ3v) is 6.33. The van der Waals surface area contributed by atoms with Gasteiger partial charge in [-0.05, 0) is 49.1 Å². The molecular formula is C14H22N2O2S2. The smallest absolute Gasteiger partial charge is 0.307 e. The molecule has 1 aromatic rings. The van der Waals surface area contributed by atoms with Gasteiger partial charge in [-0.15, -0.1) is 0 Å². The van der Waals surface area contributed by atoms with Crippen LogP contribution in [0.4, 0.5) is 0 Å². The number of hydrogen-bond donors (Lipinski definition) is 1. The molecule has 1 saturated carbocycles. The van der Waals surface area contributed by atoms with Crippen molar-refractivity contribution in [1.82, 2.24) is 9.36 Å². The number of carbonyl (C=O) groups is 1. The maximum Gasteiger partial charge on any atom is 0.307 e. The maximum absolute atomic E-state index is 11.5. The van der Waals surface area contributed by atoms with Crippen molar-refractivity contribution in [3.05, 3.63) is 5.82 Å². The van der Waals surface area contributed by atoms with Gasteiger partial charge in [0.15, 0.2) is 4.34 Å². The van der Waals surface area contributed by atoms with Crippen LogP contribution in [0.15, 0.2) is 4.34 Å². The Morgan fingerprint density at radius 1 is 1.40 bits per heavy atom. The molecule has 0 radical (unpaired) electrons. The first-order valence-electron chi connectivity index (χ1n) is 6.97. The molecule has 0 bridgehead atoms. The number of carboxylic acids is 1. The molecule has 2 rings (SSSR count). The zero-order chi connectivity index (χ0) is 14.9. The minimum absolute atomic E-state index is 0.109. The Morgan fingerprint density at radius 3 is 2.60 bits per heavy atom. The monoisotopic (exact) mass is 314 g/mol. The molecule has 0 amide bonds. The summed E-state index contributed by atoms with van der Waals surface area (Å²) in [6.07, 6.45) is 2.73. The zero-order valence-corrected chi connectivity index (χ0v) is 14.1. The fourth-order valence-corrected chi connectivity index (χ4v) is 5.05. The maximum atomic E-state index is 11.5. The molecule has 1 aliphatic rings. The van der Waals surface area contributed by atoms with Gasteiger partial charge in [0.1, 0.15) is 5.82 Å². The molecule has 0 aliphatic heterocycles. The van der Waals surface area contributed by atoms with Crippen molar-refractivity contribution < 1.29 is 9.90 Å². The van der Waals surface area contributed by atoms with Crippen LogP contribution in [0, 0.1) is 24.2 Å². The molecule has 3 atom stereocenters. The van der Waals surface area contributed by atoms with E-state index in [0.717, 1.165) is 29.4 Å². The quantitative estimate of drug-likeness (QED) is 0.918. The fraction of sp³-hybridized carbons (Fsp3) is 0.786. The van der Waals surface area contributed by atoms with Crippen LogP contribution in [0.3, 0.4) is 0 Å². The molecule has 1 heterocycles. The van der Waals surface area contributed by atoms with Gasteiger partial charge in [0.2, 0.25) is 0 Å². The Morgan fingerprint density at radius 2 is 2.10 bits per heavy atom. The average Bonchev–Trinajstić information content (AvgIpc) is 2.73. The second kappa shape index (κ2) is 6.02. The van der Waals surface area contributed by atoms with Gasteiger partial charge in [-0.25, -0.2) is 4.98 Å². The highest BCUT2D eigenvalue weighted by Crippen LogP contribution is 2.46. The molecule has 1 aromatic heterocycles. The number of rotatable bonds is 3. The summed E-state index contributed by atoms with van der Waals surface area (Å²) >= 11 is 2.98. The van der Waals surface area contributed by atoms with Gasteiger partial charge < -0.3 is 5.11 Å². The summed E-state index contributed by atoms with van der Waals surface area (Å²) in [5, 5.41) is 9.54. The van der Waals surface area contributed by atoms with Crippen molar-refractivity contribution in [1.29, 1.82) is 0 Å². The van der Waals surface area contributed by atoms with Crippen LogP contribution in [0.2, 0.25) is 0 Å². The van der Waals surface area contributed by atoms with Gasteiger partial charge in [0.05, 0.1) is 5.92 Å². The number of carboxylic acid groups (broad SMARTS) is 1. The average molecular weight is 314 g/mol. The molecule has 0 aromatic carbocycles. The Bertz CT molecular complexity index is 482. The molecule has 0 saturated heterocycles. The Kier molecular flexibility index (Phi) is 4.74. The lowest BCUT2D eigenvalue weighted by atomic mass is 9.69. The summed E-state index contributed by atoms with van der Waals surface area (Å²) in [7, 11) is 0. The van der Waals surface area contributed by atoms with E-state index in [1.807, 2.05) is 6.92 Å². The lowest BCUT2D eigenvalue weighted by molar-refractivity contribution is -0.143. The fourth-order valence-electron chi connectivity index (χ4n) is 2.78. The highest BCUT2D eigenvalue weighted by Gasteiger charge is 2.39. The van der Waals surface area contributed by atoms with E-state index in [-0.39, 0.29) is 16.6 Å². The van der Waals surface area contributed by atoms with E-state index in [9.17, 15) is 9.90 Å². The van der Waals surface area contributed by atoms with Crippen molar-refractivity contribution in [3.63, 3.8) is 0 Å². The molecule has 1 fully saturated rings. The van der Waals surface area contributed by atoms with Crippen molar-refractivity contribution >= 4 is 29.3 Å². The van der Waals surface area contributed by atoms with Crippen LogP contribution in [0.25, 0.3) is 0 Å². The predicted molar refractivity (Wildman–Crippen MR) is 82.2 cm³/mol. The summed E-state index contributed by atoms with van der Waals surface area (Å²) in [5.74, 6) is 0.413. The highest BCUT2D eigenvalue weighted by molar-refractivity contribution is 8.01. The minimum atomic E-state index is -0.670. The Labute approximate surface area is 128 Å². The Hall–Kier alpha value is -0.620. The largest absolute Gasteiger partial charge is 0.481 e. The van der Waals surface area contributed by atoms with Crippen LogP contribution >= 0.6 is 23.3 Å². The van der Waals surface area contributed by atoms with Crippen molar-refractivity contribution in [3.8, 4) is 0 Å². The van der Waals surface area contributed by atoms with Gasteiger partial charge in [0, 0.05) is 5.25 Å². The summed E-state index contributed by atoms with van der Waals surface area (Å²) in [6, 6.07) is 0. The van der Waals surface area contributed by atoms with E-state index in [1.165, 1.54) is 11.5 Å². The van der Waals surface area contributed by atoms with Crippen LogP contribution in [0.1, 0.15) is 45.9 Å².